The monoisotopic (exact) mass is 651 g/mol. The summed E-state index contributed by atoms with van der Waals surface area (Å²) in [6, 6.07) is 12.7. The van der Waals surface area contributed by atoms with Crippen LogP contribution in [0.4, 0.5) is 4.39 Å². The third kappa shape index (κ3) is 16.9. The molecule has 246 valence electrons. The van der Waals surface area contributed by atoms with Gasteiger partial charge in [-0.2, -0.15) is 5.26 Å². The number of halogens is 2. The smallest absolute Gasteiger partial charge is 0.402 e. The first-order valence-electron chi connectivity index (χ1n) is 16.4. The van der Waals surface area contributed by atoms with E-state index >= 15 is 0 Å². The van der Waals surface area contributed by atoms with Gasteiger partial charge in [-0.15, -0.1) is 0 Å². The van der Waals surface area contributed by atoms with Crippen LogP contribution in [0.1, 0.15) is 127 Å². The van der Waals surface area contributed by atoms with Crippen LogP contribution in [0.15, 0.2) is 42.5 Å². The Bertz CT molecular complexity index is 1140. The highest BCUT2D eigenvalue weighted by atomic mass is 35.5. The SMILES string of the molecule is CCCCCCCCCCCCCCCCCC[C@@H](COP(=O)(OC)Oc1ccccc1Cl)OCc1cc(F)cc(C#N)c1. The maximum atomic E-state index is 13.9. The number of nitrogens with zero attached hydrogens (tertiary/aromatic N) is 1. The van der Waals surface area contributed by atoms with Crippen molar-refractivity contribution in [1.82, 2.24) is 0 Å². The molecule has 0 spiro atoms. The van der Waals surface area contributed by atoms with Crippen LogP contribution < -0.4 is 4.52 Å². The molecule has 0 heterocycles. The lowest BCUT2D eigenvalue weighted by Crippen LogP contribution is -2.20. The lowest BCUT2D eigenvalue weighted by molar-refractivity contribution is -0.00443. The highest BCUT2D eigenvalue weighted by Gasteiger charge is 2.29. The van der Waals surface area contributed by atoms with Crippen molar-refractivity contribution >= 4 is 19.4 Å². The first-order valence-corrected chi connectivity index (χ1v) is 18.3. The summed E-state index contributed by atoms with van der Waals surface area (Å²) in [6.07, 6.45) is 20.8. The molecular weight excluding hydrogens is 600 g/mol. The predicted molar refractivity (Wildman–Crippen MR) is 177 cm³/mol. The van der Waals surface area contributed by atoms with Gasteiger partial charge in [0.25, 0.3) is 0 Å². The van der Waals surface area contributed by atoms with E-state index in [1.54, 1.807) is 30.3 Å². The second-order valence-electron chi connectivity index (χ2n) is 11.4. The number of phosphoric ester groups is 1. The summed E-state index contributed by atoms with van der Waals surface area (Å²) in [5, 5.41) is 9.45. The van der Waals surface area contributed by atoms with Crippen molar-refractivity contribution in [2.45, 2.75) is 129 Å². The molecular formula is C35H52ClFNO5P. The first-order chi connectivity index (χ1) is 21.4. The molecule has 0 amide bonds. The largest absolute Gasteiger partial charge is 0.529 e. The molecule has 44 heavy (non-hydrogen) atoms. The molecule has 0 aromatic heterocycles. The van der Waals surface area contributed by atoms with Crippen LogP contribution in [0.3, 0.4) is 0 Å². The minimum atomic E-state index is -3.96. The van der Waals surface area contributed by atoms with Crippen molar-refractivity contribution < 1.29 is 27.3 Å². The van der Waals surface area contributed by atoms with Crippen molar-refractivity contribution in [3.63, 3.8) is 0 Å². The Hall–Kier alpha value is -1.94. The quantitative estimate of drug-likeness (QED) is 0.0744. The molecule has 2 aromatic rings. The molecule has 2 atom stereocenters. The molecule has 2 rings (SSSR count). The second kappa shape index (κ2) is 23.4. The zero-order valence-electron chi connectivity index (χ0n) is 26.7. The summed E-state index contributed by atoms with van der Waals surface area (Å²) < 4.78 is 49.4. The van der Waals surface area contributed by atoms with E-state index in [1.165, 1.54) is 103 Å². The Kier molecular flexibility index (Phi) is 20.3. The topological polar surface area (TPSA) is 77.8 Å². The van der Waals surface area contributed by atoms with E-state index in [4.69, 9.17) is 35.2 Å². The van der Waals surface area contributed by atoms with Crippen LogP contribution in [0, 0.1) is 17.1 Å². The average Bonchev–Trinajstić information content (AvgIpc) is 3.02. The van der Waals surface area contributed by atoms with Crippen LogP contribution in [-0.2, 0) is 25.0 Å². The van der Waals surface area contributed by atoms with Gasteiger partial charge >= 0.3 is 7.82 Å². The van der Waals surface area contributed by atoms with Crippen molar-refractivity contribution in [1.29, 1.82) is 5.26 Å². The predicted octanol–water partition coefficient (Wildman–Crippen LogP) is 11.7. The third-order valence-electron chi connectivity index (χ3n) is 7.64. The van der Waals surface area contributed by atoms with Crippen LogP contribution in [0.25, 0.3) is 0 Å². The normalized spacial score (nSPS) is 13.3. The van der Waals surface area contributed by atoms with Crippen LogP contribution in [0.5, 0.6) is 5.75 Å². The average molecular weight is 652 g/mol. The molecule has 0 bridgehead atoms. The van der Waals surface area contributed by atoms with Gasteiger partial charge in [-0.1, -0.05) is 133 Å². The number of rotatable bonds is 26. The minimum Gasteiger partial charge on any atom is -0.402 e. The number of hydrogen-bond acceptors (Lipinski definition) is 6. The lowest BCUT2D eigenvalue weighted by Gasteiger charge is -2.22. The van der Waals surface area contributed by atoms with Crippen LogP contribution in [-0.4, -0.2) is 19.8 Å². The molecule has 0 aliphatic rings. The van der Waals surface area contributed by atoms with E-state index in [2.05, 4.69) is 6.92 Å². The number of phosphoric acid groups is 1. The fourth-order valence-corrected chi connectivity index (χ4v) is 6.29. The molecule has 2 aromatic carbocycles. The van der Waals surface area contributed by atoms with Crippen molar-refractivity contribution in [3.8, 4) is 11.8 Å². The second-order valence-corrected chi connectivity index (χ2v) is 13.5. The molecule has 0 radical (unpaired) electrons. The van der Waals surface area contributed by atoms with Gasteiger partial charge in [-0.05, 0) is 42.3 Å². The zero-order valence-corrected chi connectivity index (χ0v) is 28.4. The molecule has 0 aliphatic heterocycles. The van der Waals surface area contributed by atoms with Crippen LogP contribution >= 0.6 is 19.4 Å². The number of para-hydroxylation sites is 1. The van der Waals surface area contributed by atoms with Gasteiger partial charge in [0.05, 0.1) is 36.0 Å². The van der Waals surface area contributed by atoms with E-state index < -0.39 is 19.7 Å². The van der Waals surface area contributed by atoms with Crippen molar-refractivity contribution in [2.24, 2.45) is 0 Å². The third-order valence-corrected chi connectivity index (χ3v) is 9.29. The zero-order chi connectivity index (χ0) is 31.9. The highest BCUT2D eigenvalue weighted by Crippen LogP contribution is 2.50. The van der Waals surface area contributed by atoms with E-state index in [9.17, 15) is 8.96 Å². The Morgan fingerprint density at radius 1 is 0.864 bits per heavy atom. The Labute approximate surface area is 270 Å². The number of hydrogen-bond donors (Lipinski definition) is 0. The first kappa shape index (κ1) is 38.2. The molecule has 0 N–H and O–H groups in total. The van der Waals surface area contributed by atoms with E-state index in [-0.39, 0.29) is 29.5 Å². The van der Waals surface area contributed by atoms with Crippen molar-refractivity contribution in [3.05, 3.63) is 64.4 Å². The minimum absolute atomic E-state index is 0.0469. The van der Waals surface area contributed by atoms with Gasteiger partial charge in [-0.25, -0.2) is 8.96 Å². The summed E-state index contributed by atoms with van der Waals surface area (Å²) in [6.45, 7) is 2.30. The Balaban J connectivity index is 1.74. The van der Waals surface area contributed by atoms with E-state index in [0.717, 1.165) is 19.3 Å². The number of benzene rings is 2. The van der Waals surface area contributed by atoms with Gasteiger partial charge in [0, 0.05) is 7.11 Å². The van der Waals surface area contributed by atoms with Gasteiger partial charge in [0.1, 0.15) is 11.6 Å². The highest BCUT2D eigenvalue weighted by molar-refractivity contribution is 7.48. The number of unbranched alkanes of at least 4 members (excludes halogenated alkanes) is 15. The van der Waals surface area contributed by atoms with Gasteiger partial charge < -0.3 is 9.26 Å². The summed E-state index contributed by atoms with van der Waals surface area (Å²) in [5.41, 5.74) is 0.770. The van der Waals surface area contributed by atoms with Crippen molar-refractivity contribution in [2.75, 3.05) is 13.7 Å². The van der Waals surface area contributed by atoms with Gasteiger partial charge in [-0.3, -0.25) is 9.05 Å². The Morgan fingerprint density at radius 3 is 1.98 bits per heavy atom. The molecule has 0 saturated carbocycles. The van der Waals surface area contributed by atoms with Gasteiger partial charge in [0.2, 0.25) is 0 Å². The lowest BCUT2D eigenvalue weighted by atomic mass is 10.0. The molecule has 6 nitrogen and oxygen atoms in total. The maximum Gasteiger partial charge on any atom is 0.529 e. The fourth-order valence-electron chi connectivity index (χ4n) is 5.08. The van der Waals surface area contributed by atoms with Gasteiger partial charge in [0.15, 0.2) is 0 Å². The summed E-state index contributed by atoms with van der Waals surface area (Å²) in [7, 11) is -2.71. The molecule has 1 unspecified atom stereocenters. The summed E-state index contributed by atoms with van der Waals surface area (Å²) >= 11 is 6.15. The Morgan fingerprint density at radius 2 is 1.43 bits per heavy atom. The summed E-state index contributed by atoms with van der Waals surface area (Å²) in [5.74, 6) is -0.302. The molecule has 0 saturated heterocycles. The molecule has 0 fully saturated rings. The number of ether oxygens (including phenoxy) is 1. The standard InChI is InChI=1S/C35H52ClFNO5P/c1-3-4-5-6-7-8-9-10-11-12-13-14-15-16-17-18-21-33(41-28-31-24-30(27-38)25-32(37)26-31)29-42-44(39,40-2)43-35-23-20-19-22-34(35)36/h19-20,22-26,33H,3-18,21,28-29H2,1-2H3/t33-,44?/m0/s1. The van der Waals surface area contributed by atoms with E-state index in [0.29, 0.717) is 12.0 Å². The number of nitriles is 1. The van der Waals surface area contributed by atoms with E-state index in [1.807, 2.05) is 6.07 Å². The maximum absolute atomic E-state index is 13.9. The summed E-state index contributed by atoms with van der Waals surface area (Å²) in [4.78, 5) is 0. The fraction of sp³-hybridized carbons (Fsp3) is 0.629. The molecule has 9 heteroatoms. The van der Waals surface area contributed by atoms with Crippen LogP contribution in [0.2, 0.25) is 5.02 Å². The molecule has 0 aliphatic carbocycles.